The van der Waals surface area contributed by atoms with Gasteiger partial charge in [-0.15, -0.1) is 0 Å². The van der Waals surface area contributed by atoms with Crippen LogP contribution >= 0.6 is 0 Å². The number of rotatable bonds is 3. The number of benzene rings is 1. The van der Waals surface area contributed by atoms with Crippen LogP contribution < -0.4 is 0 Å². The summed E-state index contributed by atoms with van der Waals surface area (Å²) in [6.07, 6.45) is 3.93. The van der Waals surface area contributed by atoms with E-state index in [2.05, 4.69) is 0 Å². The summed E-state index contributed by atoms with van der Waals surface area (Å²) in [5.41, 5.74) is 0.982. The number of likely N-dealkylation sites (tertiary alicyclic amines) is 1. The molecule has 2 rings (SSSR count). The topological polar surface area (TPSA) is 53.3 Å². The van der Waals surface area contributed by atoms with Crippen LogP contribution in [0.2, 0.25) is 0 Å². The Hall–Kier alpha value is -2.28. The number of nitriles is 1. The van der Waals surface area contributed by atoms with Crippen LogP contribution in [0.25, 0.3) is 0 Å². The van der Waals surface area contributed by atoms with Crippen LogP contribution in [-0.4, -0.2) is 24.1 Å². The quantitative estimate of drug-likeness (QED) is 0.781. The van der Waals surface area contributed by atoms with E-state index in [1.165, 1.54) is 6.08 Å². The zero-order valence-electron chi connectivity index (χ0n) is 10.7. The molecule has 1 aromatic carbocycles. The molecule has 1 saturated heterocycles. The maximum Gasteiger partial charge on any atom is 0.410 e. The summed E-state index contributed by atoms with van der Waals surface area (Å²) in [4.78, 5) is 13.5. The Kier molecular flexibility index (Phi) is 4.57. The highest BCUT2D eigenvalue weighted by Crippen LogP contribution is 2.18. The maximum atomic E-state index is 11.9. The minimum atomic E-state index is -0.281. The van der Waals surface area contributed by atoms with Gasteiger partial charge in [0.25, 0.3) is 0 Å². The molecule has 1 aliphatic heterocycles. The summed E-state index contributed by atoms with van der Waals surface area (Å²) in [5.74, 6) is 0.268. The molecule has 19 heavy (non-hydrogen) atoms. The van der Waals surface area contributed by atoms with Crippen LogP contribution in [-0.2, 0) is 11.3 Å². The molecule has 0 aromatic heterocycles. The van der Waals surface area contributed by atoms with Crippen molar-refractivity contribution in [2.45, 2.75) is 13.0 Å². The van der Waals surface area contributed by atoms with Crippen molar-refractivity contribution in [3.8, 4) is 6.07 Å². The third kappa shape index (κ3) is 3.85. The SMILES string of the molecule is N#C/C=C/C1CCN(C(=O)OCc2ccccc2)C1. The number of hydrogen-bond acceptors (Lipinski definition) is 3. The number of nitrogens with zero attached hydrogens (tertiary/aromatic N) is 2. The lowest BCUT2D eigenvalue weighted by molar-refractivity contribution is 0.103. The Morgan fingerprint density at radius 2 is 2.26 bits per heavy atom. The molecule has 0 N–H and O–H groups in total. The minimum absolute atomic E-state index is 0.268. The van der Waals surface area contributed by atoms with Gasteiger partial charge in [0.15, 0.2) is 0 Å². The average Bonchev–Trinajstić information content (AvgIpc) is 2.92. The van der Waals surface area contributed by atoms with Gasteiger partial charge in [-0.05, 0) is 17.9 Å². The fraction of sp³-hybridized carbons (Fsp3) is 0.333. The normalized spacial score (nSPS) is 18.5. The largest absolute Gasteiger partial charge is 0.445 e. The molecular weight excluding hydrogens is 240 g/mol. The molecule has 1 aromatic rings. The van der Waals surface area contributed by atoms with Crippen molar-refractivity contribution in [2.75, 3.05) is 13.1 Å². The molecule has 0 aliphatic carbocycles. The van der Waals surface area contributed by atoms with E-state index in [1.54, 1.807) is 4.90 Å². The molecule has 4 nitrogen and oxygen atoms in total. The van der Waals surface area contributed by atoms with Gasteiger partial charge in [0.2, 0.25) is 0 Å². The van der Waals surface area contributed by atoms with E-state index >= 15 is 0 Å². The van der Waals surface area contributed by atoms with Crippen molar-refractivity contribution < 1.29 is 9.53 Å². The highest BCUT2D eigenvalue weighted by molar-refractivity contribution is 5.68. The smallest absolute Gasteiger partial charge is 0.410 e. The van der Waals surface area contributed by atoms with Crippen molar-refractivity contribution in [2.24, 2.45) is 5.92 Å². The van der Waals surface area contributed by atoms with Crippen molar-refractivity contribution in [1.82, 2.24) is 4.90 Å². The van der Waals surface area contributed by atoms with E-state index in [-0.39, 0.29) is 12.0 Å². The van der Waals surface area contributed by atoms with Crippen LogP contribution in [0.3, 0.4) is 0 Å². The molecule has 0 spiro atoms. The molecule has 1 amide bonds. The summed E-state index contributed by atoms with van der Waals surface area (Å²) in [7, 11) is 0. The van der Waals surface area contributed by atoms with E-state index in [9.17, 15) is 4.79 Å². The van der Waals surface area contributed by atoms with Gasteiger partial charge in [0, 0.05) is 19.2 Å². The Balaban J connectivity index is 1.79. The second-order valence-corrected chi connectivity index (χ2v) is 4.52. The van der Waals surface area contributed by atoms with Gasteiger partial charge in [-0.2, -0.15) is 5.26 Å². The number of hydrogen-bond donors (Lipinski definition) is 0. The van der Waals surface area contributed by atoms with Crippen LogP contribution in [0.15, 0.2) is 42.5 Å². The van der Waals surface area contributed by atoms with E-state index in [4.69, 9.17) is 10.00 Å². The lowest BCUT2D eigenvalue weighted by atomic mass is 10.1. The molecule has 1 aliphatic rings. The van der Waals surface area contributed by atoms with Crippen molar-refractivity contribution in [3.63, 3.8) is 0 Å². The summed E-state index contributed by atoms with van der Waals surface area (Å²) in [6, 6.07) is 11.6. The third-order valence-electron chi connectivity index (χ3n) is 3.13. The van der Waals surface area contributed by atoms with Crippen molar-refractivity contribution in [3.05, 3.63) is 48.0 Å². The van der Waals surface area contributed by atoms with E-state index < -0.39 is 0 Å². The van der Waals surface area contributed by atoms with Gasteiger partial charge in [0.05, 0.1) is 6.07 Å². The highest BCUT2D eigenvalue weighted by atomic mass is 16.6. The molecule has 98 valence electrons. The predicted molar refractivity (Wildman–Crippen MR) is 71.1 cm³/mol. The van der Waals surface area contributed by atoms with Crippen molar-refractivity contribution >= 4 is 6.09 Å². The van der Waals surface area contributed by atoms with Crippen LogP contribution in [0, 0.1) is 17.2 Å². The minimum Gasteiger partial charge on any atom is -0.445 e. The standard InChI is InChI=1S/C15H16N2O2/c16-9-4-7-13-8-10-17(11-13)15(18)19-12-14-5-2-1-3-6-14/h1-7,13H,8,10-12H2/b7-4+. The first-order chi connectivity index (χ1) is 9.29. The second kappa shape index (κ2) is 6.60. The molecular formula is C15H16N2O2. The summed E-state index contributed by atoms with van der Waals surface area (Å²) in [6.45, 7) is 1.62. The van der Waals surface area contributed by atoms with Gasteiger partial charge >= 0.3 is 6.09 Å². The molecule has 0 saturated carbocycles. The van der Waals surface area contributed by atoms with Crippen LogP contribution in [0.1, 0.15) is 12.0 Å². The monoisotopic (exact) mass is 256 g/mol. The maximum absolute atomic E-state index is 11.9. The second-order valence-electron chi connectivity index (χ2n) is 4.52. The summed E-state index contributed by atoms with van der Waals surface area (Å²) < 4.78 is 5.26. The highest BCUT2D eigenvalue weighted by Gasteiger charge is 2.25. The number of carbonyl (C=O) groups is 1. The van der Waals surface area contributed by atoms with Gasteiger partial charge in [0.1, 0.15) is 6.61 Å². The first kappa shape index (κ1) is 13.2. The lowest BCUT2D eigenvalue weighted by Gasteiger charge is -2.15. The molecule has 0 radical (unpaired) electrons. The van der Waals surface area contributed by atoms with Crippen LogP contribution in [0.4, 0.5) is 4.79 Å². The molecule has 1 fully saturated rings. The fourth-order valence-electron chi connectivity index (χ4n) is 2.10. The van der Waals surface area contributed by atoms with Gasteiger partial charge in [-0.25, -0.2) is 4.79 Å². The molecule has 4 heteroatoms. The van der Waals surface area contributed by atoms with Crippen LogP contribution in [0.5, 0.6) is 0 Å². The van der Waals surface area contributed by atoms with Gasteiger partial charge in [-0.1, -0.05) is 36.4 Å². The summed E-state index contributed by atoms with van der Waals surface area (Å²) in [5, 5.41) is 8.47. The van der Waals surface area contributed by atoms with Crippen molar-refractivity contribution in [1.29, 1.82) is 5.26 Å². The van der Waals surface area contributed by atoms with Gasteiger partial charge < -0.3 is 9.64 Å². The third-order valence-corrected chi connectivity index (χ3v) is 3.13. The molecule has 1 atom stereocenters. The Bertz CT molecular complexity index is 491. The fourth-order valence-corrected chi connectivity index (χ4v) is 2.10. The first-order valence-electron chi connectivity index (χ1n) is 6.31. The summed E-state index contributed by atoms with van der Waals surface area (Å²) >= 11 is 0. The molecule has 1 unspecified atom stereocenters. The van der Waals surface area contributed by atoms with E-state index in [1.807, 2.05) is 42.5 Å². The molecule has 0 bridgehead atoms. The number of allylic oxidation sites excluding steroid dienone is 1. The van der Waals surface area contributed by atoms with Gasteiger partial charge in [-0.3, -0.25) is 0 Å². The first-order valence-corrected chi connectivity index (χ1v) is 6.31. The zero-order valence-corrected chi connectivity index (χ0v) is 10.7. The average molecular weight is 256 g/mol. The Labute approximate surface area is 112 Å². The number of ether oxygens (including phenoxy) is 1. The zero-order chi connectivity index (χ0) is 13.5. The Morgan fingerprint density at radius 1 is 1.47 bits per heavy atom. The lowest BCUT2D eigenvalue weighted by Crippen LogP contribution is -2.29. The van der Waals surface area contributed by atoms with E-state index in [0.29, 0.717) is 19.7 Å². The Morgan fingerprint density at radius 3 is 3.00 bits per heavy atom. The number of amides is 1. The molecule has 1 heterocycles. The predicted octanol–water partition coefficient (Wildman–Crippen LogP) is 2.72. The number of carbonyl (C=O) groups excluding carboxylic acids is 1. The van der Waals surface area contributed by atoms with E-state index in [0.717, 1.165) is 12.0 Å².